The van der Waals surface area contributed by atoms with Crippen molar-refractivity contribution in [3.05, 3.63) is 60.3 Å². The minimum Gasteiger partial charge on any atom is -0.354 e. The molecule has 5 nitrogen and oxygen atoms in total. The van der Waals surface area contributed by atoms with Gasteiger partial charge in [0.05, 0.1) is 0 Å². The molecule has 2 aliphatic rings. The SMILES string of the molecule is CC(CCc1ccccc1)CC(=O)N1CCCC(CN2CCN(c3ccccn3)CC2)C1. The highest BCUT2D eigenvalue weighted by atomic mass is 16.2. The molecule has 2 aliphatic heterocycles. The summed E-state index contributed by atoms with van der Waals surface area (Å²) in [5.74, 6) is 2.48. The Balaban J connectivity index is 1.18. The molecule has 2 atom stereocenters. The molecule has 1 aromatic heterocycles. The highest BCUT2D eigenvalue weighted by molar-refractivity contribution is 5.76. The van der Waals surface area contributed by atoms with Crippen molar-refractivity contribution in [2.24, 2.45) is 11.8 Å². The number of amides is 1. The van der Waals surface area contributed by atoms with Crippen LogP contribution in [-0.2, 0) is 11.2 Å². The number of piperidine rings is 1. The summed E-state index contributed by atoms with van der Waals surface area (Å²) >= 11 is 0. The maximum atomic E-state index is 13.0. The molecular formula is C27H38N4O. The van der Waals surface area contributed by atoms with E-state index in [1.165, 1.54) is 12.0 Å². The maximum absolute atomic E-state index is 13.0. The molecule has 0 aliphatic carbocycles. The minimum absolute atomic E-state index is 0.357. The number of benzene rings is 1. The Morgan fingerprint density at radius 1 is 1.03 bits per heavy atom. The van der Waals surface area contributed by atoms with Crippen LogP contribution in [0, 0.1) is 11.8 Å². The Bertz CT molecular complexity index is 820. The van der Waals surface area contributed by atoms with Crippen LogP contribution in [0.4, 0.5) is 5.82 Å². The van der Waals surface area contributed by atoms with Gasteiger partial charge in [-0.1, -0.05) is 43.3 Å². The number of rotatable bonds is 8. The van der Waals surface area contributed by atoms with Crippen molar-refractivity contribution in [3.63, 3.8) is 0 Å². The molecule has 2 saturated heterocycles. The number of carbonyl (C=O) groups is 1. The van der Waals surface area contributed by atoms with E-state index in [-0.39, 0.29) is 0 Å². The Morgan fingerprint density at radius 2 is 1.81 bits per heavy atom. The first-order chi connectivity index (χ1) is 15.7. The number of anilines is 1. The molecular weight excluding hydrogens is 396 g/mol. The zero-order valence-corrected chi connectivity index (χ0v) is 19.5. The van der Waals surface area contributed by atoms with Gasteiger partial charge in [-0.2, -0.15) is 0 Å². The number of hydrogen-bond acceptors (Lipinski definition) is 4. The van der Waals surface area contributed by atoms with E-state index in [9.17, 15) is 4.79 Å². The highest BCUT2D eigenvalue weighted by Gasteiger charge is 2.27. The second-order valence-corrected chi connectivity index (χ2v) is 9.66. The lowest BCUT2D eigenvalue weighted by Crippen LogP contribution is -2.50. The van der Waals surface area contributed by atoms with Crippen molar-refractivity contribution in [1.29, 1.82) is 0 Å². The summed E-state index contributed by atoms with van der Waals surface area (Å²) < 4.78 is 0. The average Bonchev–Trinajstić information content (AvgIpc) is 2.84. The van der Waals surface area contributed by atoms with E-state index in [1.54, 1.807) is 0 Å². The van der Waals surface area contributed by atoms with Gasteiger partial charge < -0.3 is 9.80 Å². The summed E-state index contributed by atoms with van der Waals surface area (Å²) in [7, 11) is 0. The van der Waals surface area contributed by atoms with Crippen molar-refractivity contribution >= 4 is 11.7 Å². The van der Waals surface area contributed by atoms with Gasteiger partial charge in [-0.15, -0.1) is 0 Å². The van der Waals surface area contributed by atoms with Crippen LogP contribution in [0.25, 0.3) is 0 Å². The largest absolute Gasteiger partial charge is 0.354 e. The van der Waals surface area contributed by atoms with Gasteiger partial charge >= 0.3 is 0 Å². The van der Waals surface area contributed by atoms with Crippen LogP contribution < -0.4 is 4.90 Å². The van der Waals surface area contributed by atoms with Gasteiger partial charge in [-0.05, 0) is 55.2 Å². The van der Waals surface area contributed by atoms with Crippen molar-refractivity contribution < 1.29 is 4.79 Å². The first-order valence-electron chi connectivity index (χ1n) is 12.4. The number of likely N-dealkylation sites (tertiary alicyclic amines) is 1. The molecule has 1 aromatic carbocycles. The van der Waals surface area contributed by atoms with Crippen LogP contribution in [0.5, 0.6) is 0 Å². The molecule has 4 rings (SSSR count). The molecule has 2 fully saturated rings. The molecule has 32 heavy (non-hydrogen) atoms. The van der Waals surface area contributed by atoms with Crippen molar-refractivity contribution in [1.82, 2.24) is 14.8 Å². The molecule has 0 radical (unpaired) electrons. The third-order valence-electron chi connectivity index (χ3n) is 7.03. The van der Waals surface area contributed by atoms with Crippen LogP contribution >= 0.6 is 0 Å². The van der Waals surface area contributed by atoms with E-state index in [1.807, 2.05) is 12.3 Å². The van der Waals surface area contributed by atoms with Crippen molar-refractivity contribution in [3.8, 4) is 0 Å². The predicted molar refractivity (Wildman–Crippen MR) is 131 cm³/mol. The highest BCUT2D eigenvalue weighted by Crippen LogP contribution is 2.22. The lowest BCUT2D eigenvalue weighted by molar-refractivity contribution is -0.134. The van der Waals surface area contributed by atoms with Gasteiger partial charge in [-0.3, -0.25) is 9.69 Å². The van der Waals surface area contributed by atoms with Crippen LogP contribution in [0.15, 0.2) is 54.7 Å². The number of aromatic nitrogens is 1. The summed E-state index contributed by atoms with van der Waals surface area (Å²) in [6, 6.07) is 16.7. The van der Waals surface area contributed by atoms with Gasteiger partial charge in [0.15, 0.2) is 0 Å². The van der Waals surface area contributed by atoms with Gasteiger partial charge in [0.1, 0.15) is 5.82 Å². The van der Waals surface area contributed by atoms with E-state index >= 15 is 0 Å². The third-order valence-corrected chi connectivity index (χ3v) is 7.03. The number of piperazine rings is 1. The van der Waals surface area contributed by atoms with Crippen LogP contribution in [0.3, 0.4) is 0 Å². The van der Waals surface area contributed by atoms with Gasteiger partial charge in [-0.25, -0.2) is 4.98 Å². The van der Waals surface area contributed by atoms with Gasteiger partial charge in [0.2, 0.25) is 5.91 Å². The van der Waals surface area contributed by atoms with E-state index in [4.69, 9.17) is 0 Å². The molecule has 1 amide bonds. The molecule has 0 spiro atoms. The Morgan fingerprint density at radius 3 is 2.56 bits per heavy atom. The lowest BCUT2D eigenvalue weighted by Gasteiger charge is -2.39. The van der Waals surface area contributed by atoms with Crippen molar-refractivity contribution in [2.45, 2.75) is 39.0 Å². The monoisotopic (exact) mass is 434 g/mol. The smallest absolute Gasteiger partial charge is 0.222 e. The number of carbonyl (C=O) groups excluding carboxylic acids is 1. The maximum Gasteiger partial charge on any atom is 0.222 e. The lowest BCUT2D eigenvalue weighted by atomic mass is 9.94. The average molecular weight is 435 g/mol. The number of aryl methyl sites for hydroxylation is 1. The van der Waals surface area contributed by atoms with E-state index in [0.29, 0.717) is 24.2 Å². The fourth-order valence-corrected chi connectivity index (χ4v) is 5.09. The first-order valence-corrected chi connectivity index (χ1v) is 12.4. The molecule has 5 heteroatoms. The van der Waals surface area contributed by atoms with Crippen LogP contribution in [0.1, 0.15) is 38.2 Å². The van der Waals surface area contributed by atoms with Crippen molar-refractivity contribution in [2.75, 3.05) is 50.7 Å². The molecule has 0 bridgehead atoms. The standard InChI is InChI=1S/C27H38N4O/c1-23(12-13-24-8-3-2-4-9-24)20-27(32)31-15-7-10-25(22-31)21-29-16-18-30(19-17-29)26-11-5-6-14-28-26/h2-6,8-9,11,14,23,25H,7,10,12-13,15-22H2,1H3. The zero-order chi connectivity index (χ0) is 22.2. The molecule has 2 unspecified atom stereocenters. The fourth-order valence-electron chi connectivity index (χ4n) is 5.09. The van der Waals surface area contributed by atoms with Crippen LogP contribution in [-0.4, -0.2) is 66.5 Å². The summed E-state index contributed by atoms with van der Waals surface area (Å²) in [6.07, 6.45) is 7.08. The van der Waals surface area contributed by atoms with E-state index in [2.05, 4.69) is 69.1 Å². The number of nitrogens with zero attached hydrogens (tertiary/aromatic N) is 4. The first kappa shape index (κ1) is 22.8. The fraction of sp³-hybridized carbons (Fsp3) is 0.556. The normalized spacial score (nSPS) is 20.8. The van der Waals surface area contributed by atoms with Gasteiger partial charge in [0, 0.05) is 58.4 Å². The quantitative estimate of drug-likeness (QED) is 0.627. The molecule has 0 saturated carbocycles. The summed E-state index contributed by atoms with van der Waals surface area (Å²) in [5.41, 5.74) is 1.37. The molecule has 0 N–H and O–H groups in total. The Hall–Kier alpha value is -2.40. The van der Waals surface area contributed by atoms with Gasteiger partial charge in [0.25, 0.3) is 0 Å². The number of hydrogen-bond donors (Lipinski definition) is 0. The summed E-state index contributed by atoms with van der Waals surface area (Å²) in [6.45, 7) is 9.44. The molecule has 2 aromatic rings. The minimum atomic E-state index is 0.357. The third kappa shape index (κ3) is 6.55. The topological polar surface area (TPSA) is 39.7 Å². The second kappa shape index (κ2) is 11.5. The Kier molecular flexibility index (Phi) is 8.16. The molecule has 172 valence electrons. The second-order valence-electron chi connectivity index (χ2n) is 9.66. The Labute approximate surface area is 193 Å². The zero-order valence-electron chi connectivity index (χ0n) is 19.5. The molecule has 3 heterocycles. The van der Waals surface area contributed by atoms with Crippen LogP contribution in [0.2, 0.25) is 0 Å². The number of pyridine rings is 1. The summed E-state index contributed by atoms with van der Waals surface area (Å²) in [5, 5.41) is 0. The van der Waals surface area contributed by atoms with E-state index in [0.717, 1.165) is 70.9 Å². The predicted octanol–water partition coefficient (Wildman–Crippen LogP) is 4.10. The summed E-state index contributed by atoms with van der Waals surface area (Å²) in [4.78, 5) is 24.6. The van der Waals surface area contributed by atoms with E-state index < -0.39 is 0 Å².